The topological polar surface area (TPSA) is 92.5 Å². The monoisotopic (exact) mass is 479 g/mol. The van der Waals surface area contributed by atoms with Crippen molar-refractivity contribution in [2.24, 2.45) is 0 Å². The van der Waals surface area contributed by atoms with E-state index in [0.717, 1.165) is 11.1 Å². The third-order valence-electron chi connectivity index (χ3n) is 5.90. The van der Waals surface area contributed by atoms with Crippen LogP contribution in [0.4, 0.5) is 4.39 Å². The number of nitrogens with one attached hydrogen (secondary N) is 1. The Labute approximate surface area is 196 Å². The molecule has 1 saturated heterocycles. The molecule has 1 fully saturated rings. The van der Waals surface area contributed by atoms with Crippen molar-refractivity contribution in [3.05, 3.63) is 84.3 Å². The molecule has 2 aromatic heterocycles. The lowest BCUT2D eigenvalue weighted by Crippen LogP contribution is -2.45. The summed E-state index contributed by atoms with van der Waals surface area (Å²) in [6, 6.07) is 17.3. The smallest absolute Gasteiger partial charge is 0.277 e. The van der Waals surface area contributed by atoms with Gasteiger partial charge in [-0.3, -0.25) is 9.78 Å². The van der Waals surface area contributed by atoms with Crippen LogP contribution >= 0.6 is 0 Å². The zero-order chi connectivity index (χ0) is 23.7. The van der Waals surface area contributed by atoms with E-state index in [9.17, 15) is 17.6 Å². The van der Waals surface area contributed by atoms with Crippen LogP contribution in [0, 0.1) is 5.82 Å². The molecular weight excluding hydrogens is 457 g/mol. The molecule has 1 aliphatic rings. The van der Waals surface area contributed by atoms with Crippen molar-refractivity contribution in [2.75, 3.05) is 6.54 Å². The predicted octanol–water partition coefficient (Wildman–Crippen LogP) is 4.10. The lowest BCUT2D eigenvalue weighted by molar-refractivity contribution is -0.124. The normalized spacial score (nSPS) is 16.7. The molecule has 0 spiro atoms. The molecule has 1 aliphatic heterocycles. The van der Waals surface area contributed by atoms with Crippen molar-refractivity contribution in [1.29, 1.82) is 0 Å². The second-order valence-electron chi connectivity index (χ2n) is 8.15. The van der Waals surface area contributed by atoms with E-state index in [1.54, 1.807) is 48.7 Å². The number of halogens is 1. The molecule has 3 heterocycles. The molecule has 0 radical (unpaired) electrons. The first-order chi connectivity index (χ1) is 16.4. The standard InChI is InChI=1S/C25H22FN3O4S/c26-20-9-7-18(8-10-20)21-14-17(11-12-27-21)16-28-25(30)22-5-3-13-29(22)34(31,32)24-15-19-4-1-2-6-23(19)33-24/h1-2,4,6-12,14-15,22H,3,5,13,16H2,(H,28,30)/t22-/m0/s1. The molecule has 0 saturated carbocycles. The number of rotatable bonds is 6. The summed E-state index contributed by atoms with van der Waals surface area (Å²) in [5.74, 6) is -0.691. The van der Waals surface area contributed by atoms with Crippen molar-refractivity contribution in [3.8, 4) is 11.3 Å². The van der Waals surface area contributed by atoms with Gasteiger partial charge in [-0.2, -0.15) is 4.31 Å². The molecule has 5 rings (SSSR count). The highest BCUT2D eigenvalue weighted by molar-refractivity contribution is 7.89. The summed E-state index contributed by atoms with van der Waals surface area (Å²) in [4.78, 5) is 17.3. The summed E-state index contributed by atoms with van der Waals surface area (Å²) in [6.45, 7) is 0.464. The van der Waals surface area contributed by atoms with Gasteiger partial charge in [0.15, 0.2) is 0 Å². The SMILES string of the molecule is O=C(NCc1ccnc(-c2ccc(F)cc2)c1)[C@@H]1CCCN1S(=O)(=O)c1cc2ccccc2o1. The highest BCUT2D eigenvalue weighted by Gasteiger charge is 2.41. The maximum atomic E-state index is 13.2. The van der Waals surface area contributed by atoms with Gasteiger partial charge in [0, 0.05) is 36.3 Å². The average Bonchev–Trinajstić information content (AvgIpc) is 3.51. The summed E-state index contributed by atoms with van der Waals surface area (Å²) in [7, 11) is -3.96. The fourth-order valence-electron chi connectivity index (χ4n) is 4.16. The van der Waals surface area contributed by atoms with Crippen LogP contribution in [0.2, 0.25) is 0 Å². The molecule has 7 nitrogen and oxygen atoms in total. The lowest BCUT2D eigenvalue weighted by atomic mass is 10.1. The van der Waals surface area contributed by atoms with Crippen LogP contribution in [0.1, 0.15) is 18.4 Å². The highest BCUT2D eigenvalue weighted by atomic mass is 32.2. The van der Waals surface area contributed by atoms with E-state index in [2.05, 4.69) is 10.3 Å². The molecule has 1 N–H and O–H groups in total. The molecule has 174 valence electrons. The summed E-state index contributed by atoms with van der Waals surface area (Å²) in [5.41, 5.74) is 2.69. The first-order valence-corrected chi connectivity index (χ1v) is 12.3. The number of aromatic nitrogens is 1. The Morgan fingerprint density at radius 3 is 2.71 bits per heavy atom. The van der Waals surface area contributed by atoms with Crippen molar-refractivity contribution in [3.63, 3.8) is 0 Å². The molecule has 1 amide bonds. The van der Waals surface area contributed by atoms with Crippen LogP contribution in [0.3, 0.4) is 0 Å². The van der Waals surface area contributed by atoms with E-state index in [-0.39, 0.29) is 29.9 Å². The van der Waals surface area contributed by atoms with Crippen LogP contribution in [0.5, 0.6) is 0 Å². The summed E-state index contributed by atoms with van der Waals surface area (Å²) >= 11 is 0. The second kappa shape index (κ2) is 9.00. The number of carbonyl (C=O) groups is 1. The Bertz CT molecular complexity index is 1420. The van der Waals surface area contributed by atoms with Gasteiger partial charge in [0.2, 0.25) is 11.0 Å². The number of para-hydroxylation sites is 1. The predicted molar refractivity (Wildman–Crippen MR) is 125 cm³/mol. The molecule has 1 atom stereocenters. The third kappa shape index (κ3) is 4.32. The van der Waals surface area contributed by atoms with E-state index >= 15 is 0 Å². The van der Waals surface area contributed by atoms with Gasteiger partial charge in [-0.05, 0) is 60.9 Å². The fraction of sp³-hybridized carbons (Fsp3) is 0.200. The summed E-state index contributed by atoms with van der Waals surface area (Å²) in [6.07, 6.45) is 2.64. The number of benzene rings is 2. The zero-order valence-electron chi connectivity index (χ0n) is 18.1. The third-order valence-corrected chi connectivity index (χ3v) is 7.67. The minimum atomic E-state index is -3.96. The number of sulfonamides is 1. The number of hydrogen-bond donors (Lipinski definition) is 1. The van der Waals surface area contributed by atoms with E-state index in [1.165, 1.54) is 22.5 Å². The van der Waals surface area contributed by atoms with Gasteiger partial charge >= 0.3 is 0 Å². The van der Waals surface area contributed by atoms with Crippen molar-refractivity contribution >= 4 is 26.9 Å². The van der Waals surface area contributed by atoms with Gasteiger partial charge in [0.1, 0.15) is 17.4 Å². The van der Waals surface area contributed by atoms with Crippen LogP contribution < -0.4 is 5.32 Å². The number of carbonyl (C=O) groups excluding carboxylic acids is 1. The first kappa shape index (κ1) is 22.2. The molecule has 9 heteroatoms. The van der Waals surface area contributed by atoms with Crippen LogP contribution in [0.15, 0.2) is 82.4 Å². The quantitative estimate of drug-likeness (QED) is 0.449. The van der Waals surface area contributed by atoms with Crippen molar-refractivity contribution < 1.29 is 22.0 Å². The number of nitrogens with zero attached hydrogens (tertiary/aromatic N) is 2. The first-order valence-electron chi connectivity index (χ1n) is 10.9. The van der Waals surface area contributed by atoms with E-state index in [4.69, 9.17) is 4.42 Å². The number of furan rings is 1. The molecule has 0 bridgehead atoms. The Balaban J connectivity index is 1.30. The maximum absolute atomic E-state index is 13.2. The molecule has 0 unspecified atom stereocenters. The second-order valence-corrected chi connectivity index (χ2v) is 9.97. The number of amides is 1. The number of hydrogen-bond acceptors (Lipinski definition) is 5. The summed E-state index contributed by atoms with van der Waals surface area (Å²) in [5, 5.41) is 3.38. The van der Waals surface area contributed by atoms with Crippen molar-refractivity contribution in [2.45, 2.75) is 30.5 Å². The maximum Gasteiger partial charge on any atom is 0.277 e. The van der Waals surface area contributed by atoms with Crippen molar-refractivity contribution in [1.82, 2.24) is 14.6 Å². The molecular formula is C25H22FN3O4S. The van der Waals surface area contributed by atoms with Gasteiger partial charge in [-0.15, -0.1) is 0 Å². The lowest BCUT2D eigenvalue weighted by Gasteiger charge is -2.22. The minimum absolute atomic E-state index is 0.161. The van der Waals surface area contributed by atoms with Crippen LogP contribution in [0.25, 0.3) is 22.2 Å². The van der Waals surface area contributed by atoms with Crippen LogP contribution in [-0.4, -0.2) is 36.2 Å². The van der Waals surface area contributed by atoms with Gasteiger partial charge in [-0.25, -0.2) is 12.8 Å². The van der Waals surface area contributed by atoms with E-state index < -0.39 is 16.1 Å². The van der Waals surface area contributed by atoms with Crippen LogP contribution in [-0.2, 0) is 21.4 Å². The molecule has 34 heavy (non-hydrogen) atoms. The zero-order valence-corrected chi connectivity index (χ0v) is 19.0. The molecule has 2 aromatic carbocycles. The Kier molecular flexibility index (Phi) is 5.89. The Morgan fingerprint density at radius 1 is 1.12 bits per heavy atom. The largest absolute Gasteiger partial charge is 0.443 e. The molecule has 4 aromatic rings. The van der Waals surface area contributed by atoms with Gasteiger partial charge in [0.05, 0.1) is 5.69 Å². The number of pyridine rings is 1. The Morgan fingerprint density at radius 2 is 1.91 bits per heavy atom. The highest BCUT2D eigenvalue weighted by Crippen LogP contribution is 2.30. The Hall–Kier alpha value is -3.56. The molecule has 0 aliphatic carbocycles. The van der Waals surface area contributed by atoms with Gasteiger partial charge in [0.25, 0.3) is 10.0 Å². The fourth-order valence-corrected chi connectivity index (χ4v) is 5.77. The average molecular weight is 480 g/mol. The minimum Gasteiger partial charge on any atom is -0.443 e. The van der Waals surface area contributed by atoms with Gasteiger partial charge < -0.3 is 9.73 Å². The number of fused-ring (bicyclic) bond motifs is 1. The van der Waals surface area contributed by atoms with E-state index in [1.807, 2.05) is 6.07 Å². The summed E-state index contributed by atoms with van der Waals surface area (Å²) < 4.78 is 46.5. The van der Waals surface area contributed by atoms with Gasteiger partial charge in [-0.1, -0.05) is 18.2 Å². The van der Waals surface area contributed by atoms with E-state index in [0.29, 0.717) is 29.5 Å².